The second kappa shape index (κ2) is 4.44. The third-order valence-electron chi connectivity index (χ3n) is 3.72. The van der Waals surface area contributed by atoms with Crippen LogP contribution in [0, 0.1) is 11.8 Å². The molecule has 0 N–H and O–H groups in total. The average molecular weight is 245 g/mol. The van der Waals surface area contributed by atoms with Crippen LogP contribution in [-0.2, 0) is 20.9 Å². The molecule has 4 nitrogen and oxygen atoms in total. The number of benzene rings is 1. The normalized spacial score (nSPS) is 27.0. The maximum absolute atomic E-state index is 12.2. The number of esters is 1. The number of rotatable bonds is 2. The highest BCUT2D eigenvalue weighted by Gasteiger charge is 2.46. The lowest BCUT2D eigenvalue weighted by Crippen LogP contribution is -2.32. The standard InChI is InChI=1S/C14H15NO3/c16-13-11-6-7-18-14(17)12(11)9-15(13)8-10-4-2-1-3-5-10/h1-5,11-12H,6-9H2. The zero-order chi connectivity index (χ0) is 12.5. The Balaban J connectivity index is 1.75. The van der Waals surface area contributed by atoms with Gasteiger partial charge < -0.3 is 9.64 Å². The van der Waals surface area contributed by atoms with Gasteiger partial charge in [-0.2, -0.15) is 0 Å². The zero-order valence-corrected chi connectivity index (χ0v) is 10.0. The Bertz CT molecular complexity index is 471. The number of cyclic esters (lactones) is 1. The third kappa shape index (κ3) is 1.88. The average Bonchev–Trinajstić information content (AvgIpc) is 2.70. The molecule has 1 aromatic carbocycles. The molecule has 2 atom stereocenters. The number of amides is 1. The highest BCUT2D eigenvalue weighted by atomic mass is 16.5. The van der Waals surface area contributed by atoms with Gasteiger partial charge in [0.1, 0.15) is 0 Å². The molecule has 18 heavy (non-hydrogen) atoms. The molecule has 1 amide bonds. The molecule has 2 saturated heterocycles. The number of hydrogen-bond acceptors (Lipinski definition) is 3. The van der Waals surface area contributed by atoms with Gasteiger partial charge in [0.25, 0.3) is 0 Å². The molecule has 0 aliphatic carbocycles. The number of likely N-dealkylation sites (tertiary alicyclic amines) is 1. The van der Waals surface area contributed by atoms with E-state index in [0.717, 1.165) is 5.56 Å². The molecule has 2 unspecified atom stereocenters. The van der Waals surface area contributed by atoms with Gasteiger partial charge >= 0.3 is 5.97 Å². The van der Waals surface area contributed by atoms with Crippen molar-refractivity contribution in [3.05, 3.63) is 35.9 Å². The Morgan fingerprint density at radius 2 is 1.94 bits per heavy atom. The second-order valence-corrected chi connectivity index (χ2v) is 4.87. The molecule has 2 aliphatic rings. The number of nitrogens with zero attached hydrogens (tertiary/aromatic N) is 1. The topological polar surface area (TPSA) is 46.6 Å². The van der Waals surface area contributed by atoms with Crippen molar-refractivity contribution in [2.45, 2.75) is 13.0 Å². The van der Waals surface area contributed by atoms with Crippen LogP contribution >= 0.6 is 0 Å². The molecule has 0 spiro atoms. The fourth-order valence-electron chi connectivity index (χ4n) is 2.76. The molecule has 94 valence electrons. The van der Waals surface area contributed by atoms with Crippen molar-refractivity contribution in [2.24, 2.45) is 11.8 Å². The van der Waals surface area contributed by atoms with Gasteiger partial charge in [0.05, 0.1) is 18.4 Å². The van der Waals surface area contributed by atoms with E-state index in [-0.39, 0.29) is 23.7 Å². The summed E-state index contributed by atoms with van der Waals surface area (Å²) in [6.45, 7) is 1.46. The Morgan fingerprint density at radius 3 is 2.67 bits per heavy atom. The van der Waals surface area contributed by atoms with Crippen molar-refractivity contribution >= 4 is 11.9 Å². The number of ether oxygens (including phenoxy) is 1. The molecule has 2 fully saturated rings. The Labute approximate surface area is 106 Å². The van der Waals surface area contributed by atoms with Gasteiger partial charge in [-0.3, -0.25) is 9.59 Å². The minimum absolute atomic E-state index is 0.0977. The molecular formula is C14H15NO3. The van der Waals surface area contributed by atoms with Crippen molar-refractivity contribution in [2.75, 3.05) is 13.2 Å². The fraction of sp³-hybridized carbons (Fsp3) is 0.429. The summed E-state index contributed by atoms with van der Waals surface area (Å²) >= 11 is 0. The molecule has 4 heteroatoms. The van der Waals surface area contributed by atoms with Crippen molar-refractivity contribution in [1.29, 1.82) is 0 Å². The predicted octanol–water partition coefficient (Wildman–Crippen LogP) is 1.21. The van der Waals surface area contributed by atoms with Crippen molar-refractivity contribution in [1.82, 2.24) is 4.90 Å². The van der Waals surface area contributed by atoms with E-state index in [4.69, 9.17) is 4.74 Å². The Kier molecular flexibility index (Phi) is 2.78. The van der Waals surface area contributed by atoms with Crippen LogP contribution in [0.2, 0.25) is 0 Å². The monoisotopic (exact) mass is 245 g/mol. The molecule has 2 aliphatic heterocycles. The maximum Gasteiger partial charge on any atom is 0.311 e. The number of hydrogen-bond donors (Lipinski definition) is 0. The summed E-state index contributed by atoms with van der Waals surface area (Å²) in [4.78, 5) is 25.6. The zero-order valence-electron chi connectivity index (χ0n) is 10.0. The van der Waals surface area contributed by atoms with Crippen molar-refractivity contribution < 1.29 is 14.3 Å². The summed E-state index contributed by atoms with van der Waals surface area (Å²) in [7, 11) is 0. The maximum atomic E-state index is 12.2. The summed E-state index contributed by atoms with van der Waals surface area (Å²) in [6, 6.07) is 9.85. The van der Waals surface area contributed by atoms with Gasteiger partial charge in [0.15, 0.2) is 0 Å². The van der Waals surface area contributed by atoms with E-state index in [9.17, 15) is 9.59 Å². The number of carbonyl (C=O) groups is 2. The van der Waals surface area contributed by atoms with E-state index in [2.05, 4.69) is 0 Å². The lowest BCUT2D eigenvalue weighted by molar-refractivity contribution is -0.156. The van der Waals surface area contributed by atoms with E-state index in [1.54, 1.807) is 4.90 Å². The van der Waals surface area contributed by atoms with Crippen LogP contribution in [0.3, 0.4) is 0 Å². The first-order valence-electron chi connectivity index (χ1n) is 6.25. The SMILES string of the molecule is O=C1OCCC2C(=O)N(Cc3ccccc3)CC12. The summed E-state index contributed by atoms with van der Waals surface area (Å²) in [6.07, 6.45) is 0.667. The molecule has 0 bridgehead atoms. The minimum atomic E-state index is -0.255. The van der Waals surface area contributed by atoms with Crippen LogP contribution in [0.5, 0.6) is 0 Å². The van der Waals surface area contributed by atoms with Gasteiger partial charge in [-0.25, -0.2) is 0 Å². The first-order chi connectivity index (χ1) is 8.75. The smallest absolute Gasteiger partial charge is 0.311 e. The van der Waals surface area contributed by atoms with Crippen molar-refractivity contribution in [3.63, 3.8) is 0 Å². The van der Waals surface area contributed by atoms with E-state index in [1.807, 2.05) is 30.3 Å². The molecule has 1 aromatic rings. The van der Waals surface area contributed by atoms with Gasteiger partial charge in [-0.1, -0.05) is 30.3 Å². The van der Waals surface area contributed by atoms with Crippen LogP contribution in [0.25, 0.3) is 0 Å². The fourth-order valence-corrected chi connectivity index (χ4v) is 2.76. The highest BCUT2D eigenvalue weighted by molar-refractivity contribution is 5.89. The quantitative estimate of drug-likeness (QED) is 0.736. The van der Waals surface area contributed by atoms with Gasteiger partial charge in [-0.05, 0) is 12.0 Å². The molecule has 0 saturated carbocycles. The van der Waals surface area contributed by atoms with E-state index >= 15 is 0 Å². The van der Waals surface area contributed by atoms with Crippen LogP contribution in [-0.4, -0.2) is 29.9 Å². The minimum Gasteiger partial charge on any atom is -0.465 e. The summed E-state index contributed by atoms with van der Waals surface area (Å²) < 4.78 is 5.02. The van der Waals surface area contributed by atoms with Gasteiger partial charge in [-0.15, -0.1) is 0 Å². The lowest BCUT2D eigenvalue weighted by Gasteiger charge is -2.20. The molecular weight excluding hydrogens is 230 g/mol. The molecule has 3 rings (SSSR count). The third-order valence-corrected chi connectivity index (χ3v) is 3.72. The number of fused-ring (bicyclic) bond motifs is 1. The van der Waals surface area contributed by atoms with Gasteiger partial charge in [0.2, 0.25) is 5.91 Å². The Hall–Kier alpha value is -1.84. The van der Waals surface area contributed by atoms with Crippen LogP contribution in [0.1, 0.15) is 12.0 Å². The van der Waals surface area contributed by atoms with Crippen molar-refractivity contribution in [3.8, 4) is 0 Å². The molecule has 0 radical (unpaired) electrons. The summed E-state index contributed by atoms with van der Waals surface area (Å²) in [5.41, 5.74) is 1.10. The first kappa shape index (κ1) is 11.3. The van der Waals surface area contributed by atoms with Crippen LogP contribution in [0.15, 0.2) is 30.3 Å². The van der Waals surface area contributed by atoms with E-state index < -0.39 is 0 Å². The van der Waals surface area contributed by atoms with Crippen LogP contribution in [0.4, 0.5) is 0 Å². The highest BCUT2D eigenvalue weighted by Crippen LogP contribution is 2.32. The Morgan fingerprint density at radius 1 is 1.17 bits per heavy atom. The predicted molar refractivity (Wildman–Crippen MR) is 64.4 cm³/mol. The van der Waals surface area contributed by atoms with Gasteiger partial charge in [0, 0.05) is 13.1 Å². The van der Waals surface area contributed by atoms with Crippen LogP contribution < -0.4 is 0 Å². The van der Waals surface area contributed by atoms with E-state index in [1.165, 1.54) is 0 Å². The summed E-state index contributed by atoms with van der Waals surface area (Å²) in [5, 5.41) is 0. The largest absolute Gasteiger partial charge is 0.465 e. The summed E-state index contributed by atoms with van der Waals surface area (Å²) in [5.74, 6) is -0.527. The first-order valence-corrected chi connectivity index (χ1v) is 6.25. The molecule has 0 aromatic heterocycles. The number of carbonyl (C=O) groups excluding carboxylic acids is 2. The van der Waals surface area contributed by atoms with E-state index in [0.29, 0.717) is 26.1 Å². The lowest BCUT2D eigenvalue weighted by atomic mass is 9.91. The molecule has 2 heterocycles. The second-order valence-electron chi connectivity index (χ2n) is 4.87.